The van der Waals surface area contributed by atoms with Crippen LogP contribution in [-0.2, 0) is 10.0 Å². The molecule has 7 heteroatoms. The molecule has 0 atom stereocenters. The molecule has 0 aromatic heterocycles. The molecule has 0 bridgehead atoms. The van der Waals surface area contributed by atoms with Crippen LogP contribution in [0.15, 0.2) is 47.4 Å². The molecule has 0 spiro atoms. The summed E-state index contributed by atoms with van der Waals surface area (Å²) in [5.74, 6) is -0.709. The number of hydrogen-bond acceptors (Lipinski definition) is 3. The van der Waals surface area contributed by atoms with Gasteiger partial charge in [0, 0.05) is 15.6 Å². The van der Waals surface area contributed by atoms with Crippen LogP contribution in [0, 0.1) is 6.92 Å². The number of halogens is 2. The van der Waals surface area contributed by atoms with Crippen LogP contribution >= 0.6 is 23.2 Å². The first-order valence-corrected chi connectivity index (χ1v) is 8.12. The lowest BCUT2D eigenvalue weighted by atomic mass is 10.1. The summed E-state index contributed by atoms with van der Waals surface area (Å²) < 4.78 is 26.2. The Morgan fingerprint density at radius 1 is 1.00 bits per heavy atom. The second kappa shape index (κ2) is 6.05. The van der Waals surface area contributed by atoms with E-state index in [0.29, 0.717) is 15.6 Å². The molecule has 0 heterocycles. The zero-order chi connectivity index (χ0) is 15.6. The average Bonchev–Trinajstić information content (AvgIpc) is 2.38. The van der Waals surface area contributed by atoms with Crippen molar-refractivity contribution in [2.24, 2.45) is 0 Å². The van der Waals surface area contributed by atoms with Crippen LogP contribution in [0.1, 0.15) is 15.9 Å². The van der Waals surface area contributed by atoms with Gasteiger partial charge in [-0.1, -0.05) is 23.2 Å². The van der Waals surface area contributed by atoms with E-state index in [9.17, 15) is 13.2 Å². The summed E-state index contributed by atoms with van der Waals surface area (Å²) >= 11 is 11.5. The Bertz CT molecular complexity index is 786. The molecule has 0 fully saturated rings. The van der Waals surface area contributed by atoms with Gasteiger partial charge in [0.15, 0.2) is 0 Å². The van der Waals surface area contributed by atoms with Gasteiger partial charge < -0.3 is 0 Å². The van der Waals surface area contributed by atoms with E-state index in [2.05, 4.69) is 0 Å². The van der Waals surface area contributed by atoms with Gasteiger partial charge in [-0.05, 0) is 55.0 Å². The third-order valence-electron chi connectivity index (χ3n) is 2.78. The van der Waals surface area contributed by atoms with Crippen LogP contribution in [-0.4, -0.2) is 14.3 Å². The highest BCUT2D eigenvalue weighted by atomic mass is 35.5. The zero-order valence-electron chi connectivity index (χ0n) is 10.9. The Balaban J connectivity index is 2.28. The number of sulfonamides is 1. The summed E-state index contributed by atoms with van der Waals surface area (Å²) in [4.78, 5) is 12.0. The first-order chi connectivity index (χ1) is 9.79. The maximum Gasteiger partial charge on any atom is 0.265 e. The maximum atomic E-state index is 12.1. The van der Waals surface area contributed by atoms with E-state index >= 15 is 0 Å². The molecule has 110 valence electrons. The van der Waals surface area contributed by atoms with Crippen molar-refractivity contribution in [3.05, 3.63) is 63.6 Å². The van der Waals surface area contributed by atoms with Crippen molar-refractivity contribution in [2.75, 3.05) is 0 Å². The van der Waals surface area contributed by atoms with E-state index in [1.165, 1.54) is 36.4 Å². The molecule has 1 amide bonds. The Hall–Kier alpha value is -1.56. The molecule has 0 radical (unpaired) electrons. The molecule has 0 aliphatic carbocycles. The van der Waals surface area contributed by atoms with Crippen LogP contribution in [0.5, 0.6) is 0 Å². The van der Waals surface area contributed by atoms with Gasteiger partial charge in [-0.2, -0.15) is 0 Å². The molecule has 0 saturated carbocycles. The summed E-state index contributed by atoms with van der Waals surface area (Å²) in [6.45, 7) is 1.68. The third kappa shape index (κ3) is 3.75. The van der Waals surface area contributed by atoms with Crippen molar-refractivity contribution in [1.82, 2.24) is 4.72 Å². The minimum Gasteiger partial charge on any atom is -0.268 e. The Morgan fingerprint density at radius 3 is 2.14 bits per heavy atom. The Labute approximate surface area is 132 Å². The van der Waals surface area contributed by atoms with E-state index < -0.39 is 15.9 Å². The van der Waals surface area contributed by atoms with Crippen LogP contribution in [0.3, 0.4) is 0 Å². The van der Waals surface area contributed by atoms with Crippen molar-refractivity contribution in [2.45, 2.75) is 11.8 Å². The van der Waals surface area contributed by atoms with Crippen molar-refractivity contribution in [1.29, 1.82) is 0 Å². The lowest BCUT2D eigenvalue weighted by Gasteiger charge is -2.09. The predicted octanol–water partition coefficient (Wildman–Crippen LogP) is 3.42. The minimum absolute atomic E-state index is 0.0353. The van der Waals surface area contributed by atoms with Crippen LogP contribution in [0.2, 0.25) is 10.0 Å². The summed E-state index contributed by atoms with van der Waals surface area (Å²) in [5, 5.41) is 0.887. The minimum atomic E-state index is -3.94. The lowest BCUT2D eigenvalue weighted by molar-refractivity contribution is 0.0981. The monoisotopic (exact) mass is 343 g/mol. The molecule has 2 aromatic carbocycles. The molecular formula is C14H11Cl2NO3S. The van der Waals surface area contributed by atoms with Gasteiger partial charge in [0.05, 0.1) is 4.90 Å². The van der Waals surface area contributed by atoms with Crippen LogP contribution in [0.25, 0.3) is 0 Å². The van der Waals surface area contributed by atoms with Crippen LogP contribution < -0.4 is 4.72 Å². The second-order valence-corrected chi connectivity index (χ2v) is 6.90. The first-order valence-electron chi connectivity index (χ1n) is 5.88. The smallest absolute Gasteiger partial charge is 0.265 e. The number of carbonyl (C=O) groups is 1. The molecule has 21 heavy (non-hydrogen) atoms. The van der Waals surface area contributed by atoms with Gasteiger partial charge in [-0.25, -0.2) is 13.1 Å². The fourth-order valence-corrected chi connectivity index (χ4v) is 3.05. The van der Waals surface area contributed by atoms with E-state index in [4.69, 9.17) is 23.2 Å². The van der Waals surface area contributed by atoms with Crippen molar-refractivity contribution in [3.63, 3.8) is 0 Å². The molecule has 2 rings (SSSR count). The highest BCUT2D eigenvalue weighted by Gasteiger charge is 2.19. The number of carbonyl (C=O) groups excluding carboxylic acids is 1. The Morgan fingerprint density at radius 2 is 1.57 bits per heavy atom. The summed E-state index contributed by atoms with van der Waals surface area (Å²) in [6, 6.07) is 10.1. The fourth-order valence-electron chi connectivity index (χ4n) is 1.73. The van der Waals surface area contributed by atoms with Crippen molar-refractivity contribution < 1.29 is 13.2 Å². The SMILES string of the molecule is Cc1cc(Cl)ccc1C(=O)NS(=O)(=O)c1ccc(Cl)cc1. The average molecular weight is 344 g/mol. The standard InChI is InChI=1S/C14H11Cl2NO3S/c1-9-8-11(16)4-7-13(9)14(18)17-21(19,20)12-5-2-10(15)3-6-12/h2-8H,1H3,(H,17,18). The summed E-state index contributed by atoms with van der Waals surface area (Å²) in [6.07, 6.45) is 0. The van der Waals surface area contributed by atoms with E-state index in [-0.39, 0.29) is 10.5 Å². The van der Waals surface area contributed by atoms with Crippen LogP contribution in [0.4, 0.5) is 0 Å². The largest absolute Gasteiger partial charge is 0.268 e. The van der Waals surface area contributed by atoms with Gasteiger partial charge in [0.25, 0.3) is 15.9 Å². The molecule has 0 aliphatic rings. The fraction of sp³-hybridized carbons (Fsp3) is 0.0714. The normalized spacial score (nSPS) is 11.2. The molecule has 0 saturated heterocycles. The third-order valence-corrected chi connectivity index (χ3v) is 4.62. The molecule has 4 nitrogen and oxygen atoms in total. The molecule has 2 aromatic rings. The van der Waals surface area contributed by atoms with Crippen molar-refractivity contribution >= 4 is 39.1 Å². The number of amides is 1. The second-order valence-electron chi connectivity index (χ2n) is 4.35. The van der Waals surface area contributed by atoms with E-state index in [0.717, 1.165) is 0 Å². The Kier molecular flexibility index (Phi) is 4.56. The number of benzene rings is 2. The molecule has 1 N–H and O–H groups in total. The highest BCUT2D eigenvalue weighted by Crippen LogP contribution is 2.17. The number of aryl methyl sites for hydroxylation is 1. The van der Waals surface area contributed by atoms with Crippen molar-refractivity contribution in [3.8, 4) is 0 Å². The van der Waals surface area contributed by atoms with Gasteiger partial charge >= 0.3 is 0 Å². The number of hydrogen-bond donors (Lipinski definition) is 1. The molecule has 0 aliphatic heterocycles. The van der Waals surface area contributed by atoms with Gasteiger partial charge in [0.1, 0.15) is 0 Å². The topological polar surface area (TPSA) is 63.2 Å². The number of rotatable bonds is 3. The van der Waals surface area contributed by atoms with Gasteiger partial charge in [-0.3, -0.25) is 4.79 Å². The molecular weight excluding hydrogens is 333 g/mol. The van der Waals surface area contributed by atoms with Gasteiger partial charge in [0.2, 0.25) is 0 Å². The maximum absolute atomic E-state index is 12.1. The first kappa shape index (κ1) is 15.8. The lowest BCUT2D eigenvalue weighted by Crippen LogP contribution is -2.31. The quantitative estimate of drug-likeness (QED) is 0.928. The van der Waals surface area contributed by atoms with Gasteiger partial charge in [-0.15, -0.1) is 0 Å². The molecule has 0 unspecified atom stereocenters. The summed E-state index contributed by atoms with van der Waals surface area (Å²) in [7, 11) is -3.94. The van der Waals surface area contributed by atoms with E-state index in [1.54, 1.807) is 13.0 Å². The number of nitrogens with one attached hydrogen (secondary N) is 1. The highest BCUT2D eigenvalue weighted by molar-refractivity contribution is 7.90. The van der Waals surface area contributed by atoms with E-state index in [1.807, 2.05) is 4.72 Å². The zero-order valence-corrected chi connectivity index (χ0v) is 13.3. The predicted molar refractivity (Wildman–Crippen MR) is 82.3 cm³/mol. The summed E-state index contributed by atoms with van der Waals surface area (Å²) in [5.41, 5.74) is 0.836.